The molecule has 1 aliphatic rings. The third-order valence-corrected chi connectivity index (χ3v) is 3.35. The van der Waals surface area contributed by atoms with Crippen molar-refractivity contribution in [2.24, 2.45) is 5.73 Å². The normalized spacial score (nSPS) is 18.0. The van der Waals surface area contributed by atoms with Crippen LogP contribution in [0.4, 0.5) is 0 Å². The molecule has 0 radical (unpaired) electrons. The summed E-state index contributed by atoms with van der Waals surface area (Å²) in [5.41, 5.74) is 7.03. The minimum Gasteiger partial charge on any atom is -0.472 e. The zero-order chi connectivity index (χ0) is 16.1. The smallest absolute Gasteiger partial charge is 0.338 e. The van der Waals surface area contributed by atoms with Crippen LogP contribution < -0.4 is 5.73 Å². The molecule has 1 aromatic rings. The molecule has 6 nitrogen and oxygen atoms in total. The molecule has 2 rings (SSSR count). The molecule has 22 heavy (non-hydrogen) atoms. The number of nitriles is 1. The fourth-order valence-electron chi connectivity index (χ4n) is 2.44. The van der Waals surface area contributed by atoms with Gasteiger partial charge >= 0.3 is 5.97 Å². The largest absolute Gasteiger partial charge is 0.472 e. The average Bonchev–Trinajstić information content (AvgIpc) is 3.01. The van der Waals surface area contributed by atoms with Gasteiger partial charge in [0, 0.05) is 12.0 Å². The highest BCUT2D eigenvalue weighted by Crippen LogP contribution is 2.40. The summed E-state index contributed by atoms with van der Waals surface area (Å²) in [7, 11) is 0. The van der Waals surface area contributed by atoms with Crippen LogP contribution in [0.2, 0.25) is 0 Å². The van der Waals surface area contributed by atoms with Crippen LogP contribution in [-0.2, 0) is 14.3 Å². The van der Waals surface area contributed by atoms with Gasteiger partial charge in [0.1, 0.15) is 17.4 Å². The van der Waals surface area contributed by atoms with E-state index in [1.807, 2.05) is 13.0 Å². The van der Waals surface area contributed by atoms with Crippen LogP contribution in [0.1, 0.15) is 38.2 Å². The van der Waals surface area contributed by atoms with Gasteiger partial charge < -0.3 is 19.6 Å². The lowest BCUT2D eigenvalue weighted by atomic mass is 9.83. The van der Waals surface area contributed by atoms with Gasteiger partial charge in [-0.25, -0.2) is 4.79 Å². The Morgan fingerprint density at radius 2 is 2.27 bits per heavy atom. The second-order valence-electron chi connectivity index (χ2n) is 4.79. The van der Waals surface area contributed by atoms with Crippen molar-refractivity contribution >= 4 is 5.97 Å². The molecule has 1 aromatic heterocycles. The summed E-state index contributed by atoms with van der Waals surface area (Å²) in [5, 5.41) is 9.40. The van der Waals surface area contributed by atoms with Gasteiger partial charge in [-0.05, 0) is 19.4 Å². The van der Waals surface area contributed by atoms with Crippen molar-refractivity contribution in [1.29, 1.82) is 5.26 Å². The molecular weight excluding hydrogens is 284 g/mol. The molecule has 116 valence electrons. The number of rotatable bonds is 5. The van der Waals surface area contributed by atoms with E-state index in [0.29, 0.717) is 23.3 Å². The minimum absolute atomic E-state index is 0.0187. The Bertz CT molecular complexity index is 650. The molecular formula is C16H18N2O4. The molecule has 1 aliphatic heterocycles. The van der Waals surface area contributed by atoms with Gasteiger partial charge in [0.25, 0.3) is 0 Å². The molecule has 0 aliphatic carbocycles. The lowest BCUT2D eigenvalue weighted by Gasteiger charge is -2.27. The Morgan fingerprint density at radius 3 is 2.82 bits per heavy atom. The summed E-state index contributed by atoms with van der Waals surface area (Å²) in [6, 6.07) is 3.73. The van der Waals surface area contributed by atoms with Crippen LogP contribution in [0.15, 0.2) is 45.8 Å². The molecule has 0 aromatic carbocycles. The molecule has 0 bridgehead atoms. The monoisotopic (exact) mass is 302 g/mol. The first-order chi connectivity index (χ1) is 10.6. The van der Waals surface area contributed by atoms with Gasteiger partial charge in [-0.1, -0.05) is 6.92 Å². The Balaban J connectivity index is 2.59. The molecule has 0 spiro atoms. The van der Waals surface area contributed by atoms with Crippen LogP contribution in [0, 0.1) is 11.3 Å². The highest BCUT2D eigenvalue weighted by atomic mass is 16.5. The van der Waals surface area contributed by atoms with E-state index in [4.69, 9.17) is 19.6 Å². The summed E-state index contributed by atoms with van der Waals surface area (Å²) in [6.45, 7) is 3.93. The summed E-state index contributed by atoms with van der Waals surface area (Å²) in [6.07, 6.45) is 4.27. The Labute approximate surface area is 128 Å². The number of carbonyl (C=O) groups is 1. The topological polar surface area (TPSA) is 98.5 Å². The summed E-state index contributed by atoms with van der Waals surface area (Å²) in [4.78, 5) is 12.4. The van der Waals surface area contributed by atoms with E-state index in [0.717, 1.165) is 6.42 Å². The van der Waals surface area contributed by atoms with Crippen molar-refractivity contribution in [3.05, 3.63) is 46.9 Å². The Morgan fingerprint density at radius 1 is 1.50 bits per heavy atom. The number of nitrogens with zero attached hydrogens (tertiary/aromatic N) is 1. The third-order valence-electron chi connectivity index (χ3n) is 3.35. The van der Waals surface area contributed by atoms with Crippen molar-refractivity contribution in [2.45, 2.75) is 32.6 Å². The molecule has 1 unspecified atom stereocenters. The van der Waals surface area contributed by atoms with Gasteiger partial charge in [-0.15, -0.1) is 0 Å². The van der Waals surface area contributed by atoms with Crippen molar-refractivity contribution in [3.8, 4) is 6.07 Å². The maximum absolute atomic E-state index is 12.4. The van der Waals surface area contributed by atoms with Crippen molar-refractivity contribution in [1.82, 2.24) is 0 Å². The fourth-order valence-corrected chi connectivity index (χ4v) is 2.44. The number of hydrogen-bond donors (Lipinski definition) is 1. The number of hydrogen-bond acceptors (Lipinski definition) is 6. The summed E-state index contributed by atoms with van der Waals surface area (Å²) in [5.74, 6) is -0.663. The lowest BCUT2D eigenvalue weighted by Crippen LogP contribution is -2.26. The molecule has 0 fully saturated rings. The molecule has 0 saturated carbocycles. The van der Waals surface area contributed by atoms with Gasteiger partial charge in [0.05, 0.1) is 30.6 Å². The Hall–Kier alpha value is -2.68. The number of ether oxygens (including phenoxy) is 2. The van der Waals surface area contributed by atoms with Gasteiger partial charge in [-0.2, -0.15) is 5.26 Å². The van der Waals surface area contributed by atoms with Crippen LogP contribution in [0.5, 0.6) is 0 Å². The van der Waals surface area contributed by atoms with Gasteiger partial charge in [0.2, 0.25) is 5.88 Å². The van der Waals surface area contributed by atoms with Crippen LogP contribution >= 0.6 is 0 Å². The highest BCUT2D eigenvalue weighted by molar-refractivity contribution is 5.92. The number of furan rings is 1. The van der Waals surface area contributed by atoms with Gasteiger partial charge in [-0.3, -0.25) is 0 Å². The zero-order valence-electron chi connectivity index (χ0n) is 12.6. The predicted molar refractivity (Wildman–Crippen MR) is 77.9 cm³/mol. The first-order valence-corrected chi connectivity index (χ1v) is 7.13. The first kappa shape index (κ1) is 15.7. The first-order valence-electron chi connectivity index (χ1n) is 7.13. The molecule has 0 saturated heterocycles. The van der Waals surface area contributed by atoms with Crippen molar-refractivity contribution in [2.75, 3.05) is 6.61 Å². The standard InChI is InChI=1S/C16H18N2O4/c1-3-5-12-14(16(19)21-4-2)13(10-6-7-20-9-10)11(8-17)15(18)22-12/h6-7,9,13H,3-5,18H2,1-2H3. The van der Waals surface area contributed by atoms with Crippen LogP contribution in [-0.4, -0.2) is 12.6 Å². The van der Waals surface area contributed by atoms with E-state index in [1.165, 1.54) is 12.5 Å². The number of esters is 1. The average molecular weight is 302 g/mol. The highest BCUT2D eigenvalue weighted by Gasteiger charge is 2.37. The maximum atomic E-state index is 12.4. The van der Waals surface area contributed by atoms with Gasteiger partial charge in [0.15, 0.2) is 0 Å². The van der Waals surface area contributed by atoms with E-state index < -0.39 is 11.9 Å². The van der Waals surface area contributed by atoms with E-state index in [1.54, 1.807) is 13.0 Å². The summed E-state index contributed by atoms with van der Waals surface area (Å²) >= 11 is 0. The quantitative estimate of drug-likeness (QED) is 0.840. The minimum atomic E-state index is -0.627. The third kappa shape index (κ3) is 2.84. The van der Waals surface area contributed by atoms with Crippen molar-refractivity contribution in [3.63, 3.8) is 0 Å². The van der Waals surface area contributed by atoms with E-state index in [2.05, 4.69) is 0 Å². The predicted octanol–water partition coefficient (Wildman–Crippen LogP) is 2.70. The second kappa shape index (κ2) is 6.85. The summed E-state index contributed by atoms with van der Waals surface area (Å²) < 4.78 is 15.7. The van der Waals surface area contributed by atoms with E-state index in [-0.39, 0.29) is 18.1 Å². The molecule has 2 heterocycles. The van der Waals surface area contributed by atoms with E-state index >= 15 is 0 Å². The lowest BCUT2D eigenvalue weighted by molar-refractivity contribution is -0.139. The van der Waals surface area contributed by atoms with Crippen LogP contribution in [0.3, 0.4) is 0 Å². The maximum Gasteiger partial charge on any atom is 0.338 e. The van der Waals surface area contributed by atoms with E-state index in [9.17, 15) is 10.1 Å². The zero-order valence-corrected chi connectivity index (χ0v) is 12.6. The molecule has 2 N–H and O–H groups in total. The second-order valence-corrected chi connectivity index (χ2v) is 4.79. The molecule has 1 atom stereocenters. The number of carbonyl (C=O) groups excluding carboxylic acids is 1. The molecule has 6 heteroatoms. The SMILES string of the molecule is CCCC1=C(C(=O)OCC)C(c2ccoc2)C(C#N)=C(N)O1. The molecule has 0 amide bonds. The Kier molecular flexibility index (Phi) is 4.89. The number of allylic oxidation sites excluding steroid dienone is 2. The number of nitrogens with two attached hydrogens (primary N) is 1. The van der Waals surface area contributed by atoms with Crippen LogP contribution in [0.25, 0.3) is 0 Å². The van der Waals surface area contributed by atoms with Crippen molar-refractivity contribution < 1.29 is 18.7 Å². The fraction of sp³-hybridized carbons (Fsp3) is 0.375.